The van der Waals surface area contributed by atoms with Crippen LogP contribution >= 0.6 is 12.4 Å². The molecule has 0 spiro atoms. The molecule has 7 nitrogen and oxygen atoms in total. The first kappa shape index (κ1) is 24.9. The smallest absolute Gasteiger partial charge is 0.272 e. The molecule has 0 aromatic carbocycles. The van der Waals surface area contributed by atoms with E-state index in [0.29, 0.717) is 17.5 Å². The van der Waals surface area contributed by atoms with Gasteiger partial charge in [-0.25, -0.2) is 9.50 Å². The second kappa shape index (κ2) is 11.4. The Bertz CT molecular complexity index is 902. The van der Waals surface area contributed by atoms with E-state index in [1.165, 1.54) is 32.1 Å². The highest BCUT2D eigenvalue weighted by molar-refractivity contribution is 5.93. The molecule has 178 valence electrons. The maximum absolute atomic E-state index is 13.0. The third-order valence-electron chi connectivity index (χ3n) is 6.85. The summed E-state index contributed by atoms with van der Waals surface area (Å²) in [4.78, 5) is 20.2. The number of nitrogens with one attached hydrogen (secondary N) is 1. The van der Waals surface area contributed by atoms with Crippen molar-refractivity contribution in [2.75, 3.05) is 32.8 Å². The number of aryl methyl sites for hydroxylation is 2. The number of halogens is 1. The molecule has 0 bridgehead atoms. The van der Waals surface area contributed by atoms with Gasteiger partial charge in [0.2, 0.25) is 0 Å². The van der Waals surface area contributed by atoms with E-state index in [-0.39, 0.29) is 24.4 Å². The quantitative estimate of drug-likeness (QED) is 0.676. The molecule has 3 heterocycles. The minimum Gasteiger partial charge on any atom is -0.381 e. The van der Waals surface area contributed by atoms with Crippen LogP contribution in [0.25, 0.3) is 5.65 Å². The van der Waals surface area contributed by atoms with Gasteiger partial charge in [-0.15, -0.1) is 12.4 Å². The third-order valence-corrected chi connectivity index (χ3v) is 6.85. The van der Waals surface area contributed by atoms with Crippen molar-refractivity contribution in [2.45, 2.75) is 65.3 Å². The molecule has 2 fully saturated rings. The largest absolute Gasteiger partial charge is 0.381 e. The van der Waals surface area contributed by atoms with Gasteiger partial charge in [-0.05, 0) is 70.9 Å². The van der Waals surface area contributed by atoms with Crippen LogP contribution in [-0.4, -0.2) is 64.3 Å². The first-order chi connectivity index (χ1) is 15.0. The lowest BCUT2D eigenvalue weighted by Crippen LogP contribution is -2.48. The summed E-state index contributed by atoms with van der Waals surface area (Å²) < 4.78 is 7.43. The van der Waals surface area contributed by atoms with Crippen molar-refractivity contribution >= 4 is 24.0 Å². The molecule has 4 rings (SSSR count). The van der Waals surface area contributed by atoms with Gasteiger partial charge < -0.3 is 15.0 Å². The Hall–Kier alpha value is -1.70. The summed E-state index contributed by atoms with van der Waals surface area (Å²) in [5, 5.41) is 7.84. The second-order valence-corrected chi connectivity index (χ2v) is 9.39. The Labute approximate surface area is 197 Å². The molecule has 2 aliphatic rings. The van der Waals surface area contributed by atoms with Crippen molar-refractivity contribution in [3.8, 4) is 0 Å². The lowest BCUT2D eigenvalue weighted by atomic mass is 9.83. The average Bonchev–Trinajstić information content (AvgIpc) is 3.18. The molecule has 1 saturated carbocycles. The number of carbonyl (C=O) groups excluding carboxylic acids is 1. The van der Waals surface area contributed by atoms with E-state index >= 15 is 0 Å². The van der Waals surface area contributed by atoms with Crippen molar-refractivity contribution < 1.29 is 9.53 Å². The highest BCUT2D eigenvalue weighted by Crippen LogP contribution is 2.27. The van der Waals surface area contributed by atoms with Crippen LogP contribution in [0.1, 0.15) is 67.3 Å². The van der Waals surface area contributed by atoms with E-state index in [2.05, 4.69) is 27.2 Å². The predicted molar refractivity (Wildman–Crippen MR) is 129 cm³/mol. The summed E-state index contributed by atoms with van der Waals surface area (Å²) in [6.07, 6.45) is 7.18. The predicted octanol–water partition coefficient (Wildman–Crippen LogP) is 3.81. The van der Waals surface area contributed by atoms with Crippen molar-refractivity contribution in [1.29, 1.82) is 0 Å². The van der Waals surface area contributed by atoms with Gasteiger partial charge in [0.15, 0.2) is 11.3 Å². The van der Waals surface area contributed by atoms with Crippen LogP contribution in [0.2, 0.25) is 0 Å². The monoisotopic (exact) mass is 463 g/mol. The molecule has 0 radical (unpaired) electrons. The SMILES string of the molecule is CCOC[C@@H]1CCCN(C[C@H]2CCCC[C@@H]2NC(=O)c2cc3nc(C)cc(C)n3n2)C1.Cl. The molecule has 2 aromatic heterocycles. The lowest BCUT2D eigenvalue weighted by molar-refractivity contribution is 0.0547. The fraction of sp³-hybridized carbons (Fsp3) is 0.708. The minimum atomic E-state index is -0.0766. The van der Waals surface area contributed by atoms with Crippen LogP contribution in [-0.2, 0) is 4.74 Å². The number of piperidine rings is 1. The Balaban J connectivity index is 0.00000289. The van der Waals surface area contributed by atoms with E-state index in [1.54, 1.807) is 10.6 Å². The van der Waals surface area contributed by atoms with Gasteiger partial charge in [0, 0.05) is 43.2 Å². The van der Waals surface area contributed by atoms with E-state index in [9.17, 15) is 4.79 Å². The Morgan fingerprint density at radius 1 is 1.19 bits per heavy atom. The van der Waals surface area contributed by atoms with Crippen molar-refractivity contribution in [1.82, 2.24) is 24.8 Å². The molecular formula is C24H38ClN5O2. The molecule has 1 aliphatic carbocycles. The minimum absolute atomic E-state index is 0. The summed E-state index contributed by atoms with van der Waals surface area (Å²) in [5.41, 5.74) is 3.12. The number of aromatic nitrogens is 3. The molecule has 2 aromatic rings. The first-order valence-electron chi connectivity index (χ1n) is 12.0. The average molecular weight is 464 g/mol. The number of ether oxygens (including phenoxy) is 1. The maximum Gasteiger partial charge on any atom is 0.272 e. The normalized spacial score (nSPS) is 24.3. The topological polar surface area (TPSA) is 71.8 Å². The number of carbonyl (C=O) groups is 1. The van der Waals surface area contributed by atoms with Gasteiger partial charge in [-0.2, -0.15) is 5.10 Å². The van der Waals surface area contributed by atoms with Crippen LogP contribution < -0.4 is 5.32 Å². The molecule has 1 amide bonds. The van der Waals surface area contributed by atoms with Gasteiger partial charge in [0.25, 0.3) is 5.91 Å². The third kappa shape index (κ3) is 6.00. The number of amides is 1. The molecule has 1 aliphatic heterocycles. The second-order valence-electron chi connectivity index (χ2n) is 9.39. The summed E-state index contributed by atoms with van der Waals surface area (Å²) in [6, 6.07) is 4.00. The van der Waals surface area contributed by atoms with Crippen LogP contribution in [0.15, 0.2) is 12.1 Å². The fourth-order valence-electron chi connectivity index (χ4n) is 5.33. The Morgan fingerprint density at radius 2 is 2.00 bits per heavy atom. The van der Waals surface area contributed by atoms with Gasteiger partial charge >= 0.3 is 0 Å². The number of rotatable bonds is 7. The van der Waals surface area contributed by atoms with E-state index in [1.807, 2.05) is 19.9 Å². The number of likely N-dealkylation sites (tertiary alicyclic amines) is 1. The number of fused-ring (bicyclic) bond motifs is 1. The summed E-state index contributed by atoms with van der Waals surface area (Å²) in [6.45, 7) is 11.0. The van der Waals surface area contributed by atoms with Crippen LogP contribution in [0, 0.1) is 25.7 Å². The molecular weight excluding hydrogens is 426 g/mol. The van der Waals surface area contributed by atoms with Crippen LogP contribution in [0.4, 0.5) is 0 Å². The Morgan fingerprint density at radius 3 is 2.81 bits per heavy atom. The van der Waals surface area contributed by atoms with Gasteiger partial charge in [0.05, 0.1) is 6.61 Å². The highest BCUT2D eigenvalue weighted by Gasteiger charge is 2.30. The number of nitrogens with zero attached hydrogens (tertiary/aromatic N) is 4. The van der Waals surface area contributed by atoms with E-state index < -0.39 is 0 Å². The van der Waals surface area contributed by atoms with Gasteiger partial charge in [-0.1, -0.05) is 12.8 Å². The highest BCUT2D eigenvalue weighted by atomic mass is 35.5. The zero-order valence-corrected chi connectivity index (χ0v) is 20.5. The molecule has 1 N–H and O–H groups in total. The standard InChI is InChI=1S/C24H37N5O2.ClH/c1-4-31-16-19-8-7-11-28(14-19)15-20-9-5-6-10-21(20)26-24(30)22-13-23-25-17(2)12-18(3)29(23)27-22;/h12-13,19-21H,4-11,14-16H2,1-3H3,(H,26,30);1H/t19-,20-,21+;/m1./s1. The summed E-state index contributed by atoms with van der Waals surface area (Å²) in [7, 11) is 0. The Kier molecular flexibility index (Phi) is 8.91. The van der Waals surface area contributed by atoms with Gasteiger partial charge in [-0.3, -0.25) is 4.79 Å². The molecule has 8 heteroatoms. The lowest BCUT2D eigenvalue weighted by Gasteiger charge is -2.39. The van der Waals surface area contributed by atoms with Crippen molar-refractivity contribution in [3.63, 3.8) is 0 Å². The zero-order valence-electron chi connectivity index (χ0n) is 19.7. The van der Waals surface area contributed by atoms with Gasteiger partial charge in [0.1, 0.15) is 0 Å². The number of hydrogen-bond acceptors (Lipinski definition) is 5. The first-order valence-corrected chi connectivity index (χ1v) is 12.0. The summed E-state index contributed by atoms with van der Waals surface area (Å²) in [5.74, 6) is 1.07. The van der Waals surface area contributed by atoms with E-state index in [4.69, 9.17) is 4.74 Å². The fourth-order valence-corrected chi connectivity index (χ4v) is 5.33. The zero-order chi connectivity index (χ0) is 21.8. The molecule has 32 heavy (non-hydrogen) atoms. The number of hydrogen-bond donors (Lipinski definition) is 1. The molecule has 1 saturated heterocycles. The van der Waals surface area contributed by atoms with E-state index in [0.717, 1.165) is 56.3 Å². The van der Waals surface area contributed by atoms with Crippen LogP contribution in [0.3, 0.4) is 0 Å². The maximum atomic E-state index is 13.0. The van der Waals surface area contributed by atoms with Crippen molar-refractivity contribution in [3.05, 3.63) is 29.2 Å². The van der Waals surface area contributed by atoms with Crippen LogP contribution in [0.5, 0.6) is 0 Å². The molecule has 3 atom stereocenters. The molecule has 0 unspecified atom stereocenters. The van der Waals surface area contributed by atoms with Crippen molar-refractivity contribution in [2.24, 2.45) is 11.8 Å². The summed E-state index contributed by atoms with van der Waals surface area (Å²) >= 11 is 0.